The van der Waals surface area contributed by atoms with Crippen LogP contribution >= 0.6 is 15.9 Å². The van der Waals surface area contributed by atoms with Crippen LogP contribution < -0.4 is 10.5 Å². The predicted molar refractivity (Wildman–Crippen MR) is 154 cm³/mol. The number of aromatic nitrogens is 2. The lowest BCUT2D eigenvalue weighted by Crippen LogP contribution is -2.30. The minimum Gasteiger partial charge on any atom is -0.455 e. The van der Waals surface area contributed by atoms with Crippen molar-refractivity contribution in [2.24, 2.45) is 5.73 Å². The number of aryl methyl sites for hydroxylation is 2. The SMILES string of the molecule is CCc1nc(C)c(C(N)=O)n1Cc1ccc2oc(-c3ccccc3C(=O)NS(=O)(=O)c3ccccc3)c(Br)c2c1. The van der Waals surface area contributed by atoms with E-state index in [1.807, 2.05) is 23.6 Å². The molecule has 2 aromatic heterocycles. The van der Waals surface area contributed by atoms with E-state index < -0.39 is 21.8 Å². The smallest absolute Gasteiger partial charge is 0.267 e. The number of benzene rings is 3. The summed E-state index contributed by atoms with van der Waals surface area (Å²) in [7, 11) is -4.07. The Morgan fingerprint density at radius 3 is 2.45 bits per heavy atom. The Morgan fingerprint density at radius 1 is 1.05 bits per heavy atom. The highest BCUT2D eigenvalue weighted by Crippen LogP contribution is 2.39. The fourth-order valence-electron chi connectivity index (χ4n) is 4.67. The molecule has 2 amide bonds. The van der Waals surface area contributed by atoms with E-state index in [1.54, 1.807) is 49.4 Å². The summed E-state index contributed by atoms with van der Waals surface area (Å²) in [5, 5.41) is 0.745. The number of carbonyl (C=O) groups is 2. The number of furan rings is 1. The molecule has 2 heterocycles. The number of rotatable bonds is 8. The van der Waals surface area contributed by atoms with Crippen molar-refractivity contribution in [2.45, 2.75) is 31.7 Å². The molecule has 5 rings (SSSR count). The highest BCUT2D eigenvalue weighted by Gasteiger charge is 2.24. The molecule has 3 aromatic carbocycles. The quantitative estimate of drug-likeness (QED) is 0.245. The molecule has 3 N–H and O–H groups in total. The molecular formula is C29H25BrN4O5S. The number of fused-ring (bicyclic) bond motifs is 1. The largest absolute Gasteiger partial charge is 0.455 e. The Hall–Kier alpha value is -4.22. The number of hydrogen-bond acceptors (Lipinski definition) is 6. The number of carbonyl (C=O) groups excluding carboxylic acids is 2. The van der Waals surface area contributed by atoms with Crippen molar-refractivity contribution in [3.05, 3.63) is 106 Å². The van der Waals surface area contributed by atoms with Crippen LogP contribution in [0.2, 0.25) is 0 Å². The fourth-order valence-corrected chi connectivity index (χ4v) is 6.26. The van der Waals surface area contributed by atoms with E-state index in [2.05, 4.69) is 25.6 Å². The Balaban J connectivity index is 1.51. The average Bonchev–Trinajstić information content (AvgIpc) is 3.44. The first-order valence-electron chi connectivity index (χ1n) is 12.4. The molecule has 0 aliphatic heterocycles. The summed E-state index contributed by atoms with van der Waals surface area (Å²) in [6.07, 6.45) is 0.634. The van der Waals surface area contributed by atoms with Crippen molar-refractivity contribution < 1.29 is 22.4 Å². The maximum absolute atomic E-state index is 13.2. The third-order valence-corrected chi connectivity index (χ3v) is 8.63. The van der Waals surface area contributed by atoms with Crippen LogP contribution in [0.15, 0.2) is 86.6 Å². The van der Waals surface area contributed by atoms with Crippen molar-refractivity contribution in [3.8, 4) is 11.3 Å². The number of nitrogens with two attached hydrogens (primary N) is 1. The summed E-state index contributed by atoms with van der Waals surface area (Å²) in [4.78, 5) is 29.8. The zero-order valence-electron chi connectivity index (χ0n) is 21.6. The van der Waals surface area contributed by atoms with Crippen LogP contribution in [0.25, 0.3) is 22.3 Å². The Morgan fingerprint density at radius 2 is 1.75 bits per heavy atom. The van der Waals surface area contributed by atoms with Gasteiger partial charge in [-0.1, -0.05) is 49.4 Å². The molecule has 9 nitrogen and oxygen atoms in total. The van der Waals surface area contributed by atoms with Crippen molar-refractivity contribution in [2.75, 3.05) is 0 Å². The lowest BCUT2D eigenvalue weighted by atomic mass is 10.0. The molecule has 0 saturated heterocycles. The van der Waals surface area contributed by atoms with Crippen LogP contribution in [-0.2, 0) is 23.0 Å². The van der Waals surface area contributed by atoms with Gasteiger partial charge < -0.3 is 14.7 Å². The van der Waals surface area contributed by atoms with E-state index in [4.69, 9.17) is 10.2 Å². The van der Waals surface area contributed by atoms with Crippen molar-refractivity contribution in [1.29, 1.82) is 0 Å². The third kappa shape index (κ3) is 5.05. The summed E-state index contributed by atoms with van der Waals surface area (Å²) in [6, 6.07) is 19.9. The predicted octanol–water partition coefficient (Wildman–Crippen LogP) is 5.20. The summed E-state index contributed by atoms with van der Waals surface area (Å²) in [5.74, 6) is -0.194. The number of nitrogens with zero attached hydrogens (tertiary/aromatic N) is 2. The van der Waals surface area contributed by atoms with Crippen molar-refractivity contribution >= 4 is 48.7 Å². The zero-order chi connectivity index (χ0) is 28.6. The van der Waals surface area contributed by atoms with Crippen molar-refractivity contribution in [1.82, 2.24) is 14.3 Å². The van der Waals surface area contributed by atoms with E-state index in [9.17, 15) is 18.0 Å². The number of hydrogen-bond donors (Lipinski definition) is 2. The molecule has 0 saturated carbocycles. The third-order valence-electron chi connectivity index (χ3n) is 6.50. The second kappa shape index (κ2) is 10.7. The molecule has 0 aliphatic rings. The first kappa shape index (κ1) is 27.4. The summed E-state index contributed by atoms with van der Waals surface area (Å²) < 4.78 is 36.2. The molecule has 204 valence electrons. The van der Waals surface area contributed by atoms with Gasteiger partial charge in [-0.25, -0.2) is 18.1 Å². The molecule has 0 spiro atoms. The van der Waals surface area contributed by atoms with Gasteiger partial charge in [0.2, 0.25) is 0 Å². The Labute approximate surface area is 239 Å². The van der Waals surface area contributed by atoms with Crippen molar-refractivity contribution in [3.63, 3.8) is 0 Å². The highest BCUT2D eigenvalue weighted by atomic mass is 79.9. The molecule has 0 bridgehead atoms. The van der Waals surface area contributed by atoms with Gasteiger partial charge in [0.1, 0.15) is 22.9 Å². The number of imidazole rings is 1. The maximum atomic E-state index is 13.2. The van der Waals surface area contributed by atoms with Gasteiger partial charge in [0, 0.05) is 23.9 Å². The topological polar surface area (TPSA) is 137 Å². The molecule has 11 heteroatoms. The lowest BCUT2D eigenvalue weighted by Gasteiger charge is -2.10. The summed E-state index contributed by atoms with van der Waals surface area (Å²) in [6.45, 7) is 4.10. The van der Waals surface area contributed by atoms with Gasteiger partial charge in [-0.3, -0.25) is 9.59 Å². The van der Waals surface area contributed by atoms with Gasteiger partial charge in [0.25, 0.3) is 21.8 Å². The van der Waals surface area contributed by atoms with Gasteiger partial charge in [-0.05, 0) is 58.7 Å². The number of amides is 2. The van der Waals surface area contributed by atoms with Gasteiger partial charge in [-0.2, -0.15) is 0 Å². The van der Waals surface area contributed by atoms with Crippen LogP contribution in [0.3, 0.4) is 0 Å². The monoisotopic (exact) mass is 620 g/mol. The molecule has 0 fully saturated rings. The van der Waals surface area contributed by atoms with Gasteiger partial charge in [0.05, 0.1) is 20.6 Å². The minimum atomic E-state index is -4.07. The van der Waals surface area contributed by atoms with Crippen LogP contribution in [0, 0.1) is 6.92 Å². The molecule has 0 atom stereocenters. The van der Waals surface area contributed by atoms with Crippen LogP contribution in [0.4, 0.5) is 0 Å². The van der Waals surface area contributed by atoms with E-state index in [-0.39, 0.29) is 10.5 Å². The second-order valence-corrected chi connectivity index (χ2v) is 11.6. The van der Waals surface area contributed by atoms with E-state index >= 15 is 0 Å². The highest BCUT2D eigenvalue weighted by molar-refractivity contribution is 9.10. The summed E-state index contributed by atoms with van der Waals surface area (Å²) in [5.41, 5.74) is 8.59. The fraction of sp³-hybridized carbons (Fsp3) is 0.138. The van der Waals surface area contributed by atoms with Crippen LogP contribution in [0.1, 0.15) is 44.9 Å². The number of halogens is 1. The van der Waals surface area contributed by atoms with E-state index in [0.29, 0.717) is 45.7 Å². The van der Waals surface area contributed by atoms with E-state index in [0.717, 1.165) is 16.8 Å². The molecule has 0 aliphatic carbocycles. The Kier molecular flexibility index (Phi) is 7.35. The number of primary amides is 1. The van der Waals surface area contributed by atoms with Gasteiger partial charge in [-0.15, -0.1) is 0 Å². The number of nitrogens with one attached hydrogen (secondary N) is 1. The molecule has 0 radical (unpaired) electrons. The van der Waals surface area contributed by atoms with Gasteiger partial charge in [0.15, 0.2) is 0 Å². The summed E-state index contributed by atoms with van der Waals surface area (Å²) >= 11 is 3.62. The van der Waals surface area contributed by atoms with Crippen LogP contribution in [0.5, 0.6) is 0 Å². The average molecular weight is 622 g/mol. The second-order valence-electron chi connectivity index (χ2n) is 9.13. The zero-order valence-corrected chi connectivity index (χ0v) is 24.0. The number of sulfonamides is 1. The molecule has 5 aromatic rings. The normalized spacial score (nSPS) is 11.6. The first-order chi connectivity index (χ1) is 19.1. The minimum absolute atomic E-state index is 0.0166. The standard InChI is InChI=1S/C29H25BrN4O5S/c1-3-24-32-17(2)26(28(31)35)34(24)16-18-13-14-23-22(15-18)25(30)27(39-23)20-11-7-8-12-21(20)29(36)33-40(37,38)19-9-5-4-6-10-19/h4-15H,3,16H2,1-2H3,(H2,31,35)(H,33,36). The maximum Gasteiger partial charge on any atom is 0.267 e. The molecule has 40 heavy (non-hydrogen) atoms. The molecule has 0 unspecified atom stereocenters. The molecular weight excluding hydrogens is 596 g/mol. The Bertz CT molecular complexity index is 1880. The van der Waals surface area contributed by atoms with E-state index in [1.165, 1.54) is 18.2 Å². The van der Waals surface area contributed by atoms with Gasteiger partial charge >= 0.3 is 0 Å². The lowest BCUT2D eigenvalue weighted by molar-refractivity contribution is 0.0976. The first-order valence-corrected chi connectivity index (χ1v) is 14.7. The van der Waals surface area contributed by atoms with Crippen LogP contribution in [-0.4, -0.2) is 29.8 Å².